The number of pyridine rings is 1. The summed E-state index contributed by atoms with van der Waals surface area (Å²) in [5, 5.41) is 4.81. The second-order valence-electron chi connectivity index (χ2n) is 14.9. The number of nitrogens with zero attached hydrogens (tertiary/aromatic N) is 3. The molecule has 0 unspecified atom stereocenters. The molecule has 59 heavy (non-hydrogen) atoms. The predicted molar refractivity (Wildman–Crippen MR) is 246 cm³/mol. The Labute approximate surface area is 343 Å². The van der Waals surface area contributed by atoms with Crippen molar-refractivity contribution in [2.24, 2.45) is 0 Å². The summed E-state index contributed by atoms with van der Waals surface area (Å²) in [4.78, 5) is 10.2. The van der Waals surface area contributed by atoms with E-state index in [1.165, 1.54) is 66.1 Å². The van der Waals surface area contributed by atoms with Crippen molar-refractivity contribution in [3.8, 4) is 72.8 Å². The van der Waals surface area contributed by atoms with Gasteiger partial charge in [0.2, 0.25) is 0 Å². The first kappa shape index (κ1) is 34.4. The summed E-state index contributed by atoms with van der Waals surface area (Å²) in [6.07, 6.45) is 1.98. The van der Waals surface area contributed by atoms with Gasteiger partial charge in [0.15, 0.2) is 0 Å². The molecular weight excluding hydrogens is 715 g/mol. The van der Waals surface area contributed by atoms with Gasteiger partial charge in [-0.2, -0.15) is 0 Å². The molecule has 11 aromatic rings. The molecular formula is C56H37N3. The highest BCUT2D eigenvalue weighted by Gasteiger charge is 2.22. The van der Waals surface area contributed by atoms with E-state index in [0.717, 1.165) is 39.4 Å². The van der Waals surface area contributed by atoms with Crippen molar-refractivity contribution >= 4 is 32.6 Å². The van der Waals surface area contributed by atoms with E-state index in [0.29, 0.717) is 0 Å². The minimum atomic E-state index is 0.893. The Morgan fingerprint density at radius 1 is 0.339 bits per heavy atom. The maximum absolute atomic E-state index is 5.17. The summed E-state index contributed by atoms with van der Waals surface area (Å²) in [5.41, 5.74) is 15.6. The molecule has 3 heteroatoms. The summed E-state index contributed by atoms with van der Waals surface area (Å²) in [6.45, 7) is 0. The van der Waals surface area contributed by atoms with Crippen LogP contribution in [-0.2, 0) is 0 Å². The zero-order valence-electron chi connectivity index (χ0n) is 32.2. The molecule has 0 atom stereocenters. The van der Waals surface area contributed by atoms with Gasteiger partial charge < -0.3 is 0 Å². The molecule has 3 nitrogen and oxygen atoms in total. The number of para-hydroxylation sites is 2. The number of imidazole rings is 1. The van der Waals surface area contributed by atoms with Crippen molar-refractivity contribution in [3.63, 3.8) is 0 Å². The third-order valence-electron chi connectivity index (χ3n) is 11.5. The van der Waals surface area contributed by atoms with Gasteiger partial charge in [0.25, 0.3) is 0 Å². The third-order valence-corrected chi connectivity index (χ3v) is 11.5. The molecule has 0 aliphatic heterocycles. The molecule has 11 rings (SSSR count). The Bertz CT molecular complexity index is 3290. The number of fused-ring (bicyclic) bond motifs is 3. The van der Waals surface area contributed by atoms with E-state index in [-0.39, 0.29) is 0 Å². The summed E-state index contributed by atoms with van der Waals surface area (Å²) >= 11 is 0. The van der Waals surface area contributed by atoms with Crippen LogP contribution in [0.5, 0.6) is 0 Å². The van der Waals surface area contributed by atoms with Crippen LogP contribution in [0, 0.1) is 0 Å². The highest BCUT2D eigenvalue weighted by Crippen LogP contribution is 2.48. The van der Waals surface area contributed by atoms with Crippen molar-refractivity contribution < 1.29 is 0 Å². The summed E-state index contributed by atoms with van der Waals surface area (Å²) in [6, 6.07) is 77.9. The average molecular weight is 752 g/mol. The Kier molecular flexibility index (Phi) is 8.49. The number of hydrogen-bond acceptors (Lipinski definition) is 2. The molecule has 0 aliphatic carbocycles. The zero-order chi connectivity index (χ0) is 39.1. The summed E-state index contributed by atoms with van der Waals surface area (Å²) in [7, 11) is 0. The van der Waals surface area contributed by atoms with E-state index in [1.807, 2.05) is 18.3 Å². The van der Waals surface area contributed by atoms with E-state index in [9.17, 15) is 0 Å². The van der Waals surface area contributed by atoms with Crippen molar-refractivity contribution in [1.29, 1.82) is 0 Å². The molecule has 0 aliphatic rings. The maximum Gasteiger partial charge on any atom is 0.145 e. The normalized spacial score (nSPS) is 11.4. The van der Waals surface area contributed by atoms with E-state index >= 15 is 0 Å². The highest BCUT2D eigenvalue weighted by atomic mass is 15.1. The van der Waals surface area contributed by atoms with Gasteiger partial charge >= 0.3 is 0 Å². The highest BCUT2D eigenvalue weighted by molar-refractivity contribution is 6.23. The molecule has 276 valence electrons. The first-order chi connectivity index (χ1) is 29.3. The zero-order valence-corrected chi connectivity index (χ0v) is 32.2. The molecule has 2 heterocycles. The van der Waals surface area contributed by atoms with E-state index in [1.54, 1.807) is 0 Å². The minimum absolute atomic E-state index is 0.893. The van der Waals surface area contributed by atoms with E-state index in [2.05, 4.69) is 211 Å². The van der Waals surface area contributed by atoms with Gasteiger partial charge in [-0.1, -0.05) is 188 Å². The molecule has 0 bridgehead atoms. The number of benzene rings is 9. The molecule has 0 radical (unpaired) electrons. The molecule has 2 aromatic heterocycles. The predicted octanol–water partition coefficient (Wildman–Crippen LogP) is 14.7. The van der Waals surface area contributed by atoms with Crippen molar-refractivity contribution in [3.05, 3.63) is 225 Å². The molecule has 0 spiro atoms. The lowest BCUT2D eigenvalue weighted by Gasteiger charge is -2.21. The minimum Gasteiger partial charge on any atom is -0.291 e. The van der Waals surface area contributed by atoms with Crippen LogP contribution >= 0.6 is 0 Å². The molecule has 0 amide bonds. The standard InChI is InChI=1S/C56H37N3/c1-4-18-38(19-5-1)43-24-10-12-26-45(43)54-47-28-14-15-29-48(47)55(46-27-13-11-25-44(46)39-20-6-2-7-21-39)50-36-41(32-34-49(50)54)51-35-33-42(37-57-51)59-53-31-17-16-30-52(53)58-56(59)40-22-8-3-9-23-40/h1-37H. The summed E-state index contributed by atoms with van der Waals surface area (Å²) in [5.74, 6) is 0.893. The van der Waals surface area contributed by atoms with Crippen molar-refractivity contribution in [2.75, 3.05) is 0 Å². The van der Waals surface area contributed by atoms with Crippen LogP contribution in [0.2, 0.25) is 0 Å². The fraction of sp³-hybridized carbons (Fsp3) is 0. The number of hydrogen-bond donors (Lipinski definition) is 0. The Morgan fingerprint density at radius 3 is 1.42 bits per heavy atom. The number of rotatable bonds is 7. The van der Waals surface area contributed by atoms with Crippen LogP contribution < -0.4 is 0 Å². The Balaban J connectivity index is 1.16. The van der Waals surface area contributed by atoms with Crippen LogP contribution in [0.25, 0.3) is 105 Å². The van der Waals surface area contributed by atoms with Gasteiger partial charge in [0.1, 0.15) is 5.82 Å². The second-order valence-corrected chi connectivity index (χ2v) is 14.9. The van der Waals surface area contributed by atoms with Gasteiger partial charge in [-0.3, -0.25) is 9.55 Å². The van der Waals surface area contributed by atoms with Crippen molar-refractivity contribution in [1.82, 2.24) is 14.5 Å². The second kappa shape index (κ2) is 14.6. The van der Waals surface area contributed by atoms with E-state index < -0.39 is 0 Å². The molecule has 0 fully saturated rings. The molecule has 0 saturated heterocycles. The van der Waals surface area contributed by atoms with Crippen LogP contribution in [0.1, 0.15) is 0 Å². The Morgan fingerprint density at radius 2 is 0.831 bits per heavy atom. The van der Waals surface area contributed by atoms with Crippen LogP contribution in [0.3, 0.4) is 0 Å². The smallest absolute Gasteiger partial charge is 0.145 e. The molecule has 9 aromatic carbocycles. The quantitative estimate of drug-likeness (QED) is 0.152. The van der Waals surface area contributed by atoms with Crippen LogP contribution in [0.15, 0.2) is 225 Å². The largest absolute Gasteiger partial charge is 0.291 e. The van der Waals surface area contributed by atoms with Gasteiger partial charge in [-0.15, -0.1) is 0 Å². The molecule has 0 N–H and O–H groups in total. The third kappa shape index (κ3) is 6.00. The lowest BCUT2D eigenvalue weighted by Crippen LogP contribution is -1.99. The van der Waals surface area contributed by atoms with Crippen LogP contribution in [0.4, 0.5) is 0 Å². The molecule has 0 saturated carbocycles. The van der Waals surface area contributed by atoms with Crippen LogP contribution in [-0.4, -0.2) is 14.5 Å². The SMILES string of the molecule is c1ccc(-c2ccccc2-c2c3ccccc3c(-c3ccccc3-c3ccccc3)c3cc(-c4ccc(-n5c(-c6ccccc6)nc6ccccc65)cn4)ccc23)cc1. The fourth-order valence-electron chi connectivity index (χ4n) is 8.82. The lowest BCUT2D eigenvalue weighted by atomic mass is 9.82. The van der Waals surface area contributed by atoms with Gasteiger partial charge in [0, 0.05) is 11.1 Å². The first-order valence-corrected chi connectivity index (χ1v) is 20.1. The monoisotopic (exact) mass is 751 g/mol. The van der Waals surface area contributed by atoms with Gasteiger partial charge in [0.05, 0.1) is 28.6 Å². The Hall–Kier alpha value is -7.88. The topological polar surface area (TPSA) is 30.7 Å². The number of aromatic nitrogens is 3. The average Bonchev–Trinajstić information content (AvgIpc) is 3.71. The first-order valence-electron chi connectivity index (χ1n) is 20.1. The van der Waals surface area contributed by atoms with Gasteiger partial charge in [-0.25, -0.2) is 4.98 Å². The summed E-state index contributed by atoms with van der Waals surface area (Å²) < 4.78 is 2.21. The van der Waals surface area contributed by atoms with Gasteiger partial charge in [-0.05, 0) is 96.4 Å². The fourth-order valence-corrected chi connectivity index (χ4v) is 8.82. The maximum atomic E-state index is 5.17. The lowest BCUT2D eigenvalue weighted by molar-refractivity contribution is 1.08. The van der Waals surface area contributed by atoms with Crippen molar-refractivity contribution in [2.45, 2.75) is 0 Å². The van der Waals surface area contributed by atoms with E-state index in [4.69, 9.17) is 9.97 Å².